The van der Waals surface area contributed by atoms with Gasteiger partial charge in [0, 0.05) is 6.04 Å². The van der Waals surface area contributed by atoms with Crippen LogP contribution in [0.1, 0.15) is 37.0 Å². The fourth-order valence-corrected chi connectivity index (χ4v) is 2.31. The second kappa shape index (κ2) is 8.67. The quantitative estimate of drug-likeness (QED) is 0.762. The third-order valence-corrected chi connectivity index (χ3v) is 3.69. The van der Waals surface area contributed by atoms with Gasteiger partial charge in [-0.05, 0) is 47.0 Å². The normalized spacial score (nSPS) is 10.3. The molecule has 0 fully saturated rings. The van der Waals surface area contributed by atoms with Crippen molar-refractivity contribution < 1.29 is 19.1 Å². The lowest BCUT2D eigenvalue weighted by molar-refractivity contribution is -0.125. The van der Waals surface area contributed by atoms with E-state index in [9.17, 15) is 9.59 Å². The van der Waals surface area contributed by atoms with Crippen LogP contribution in [0.4, 0.5) is 0 Å². The molecule has 1 rings (SSSR count). The van der Waals surface area contributed by atoms with Crippen molar-refractivity contribution in [1.29, 1.82) is 0 Å². The number of hydrogen-bond acceptors (Lipinski definition) is 4. The first kappa shape index (κ1) is 17.5. The zero-order chi connectivity index (χ0) is 15.8. The van der Waals surface area contributed by atoms with Gasteiger partial charge in [-0.25, -0.2) is 4.79 Å². The van der Waals surface area contributed by atoms with Gasteiger partial charge in [-0.2, -0.15) is 0 Å². The van der Waals surface area contributed by atoms with Crippen LogP contribution in [0.2, 0.25) is 0 Å². The molecule has 5 nitrogen and oxygen atoms in total. The molecule has 0 radical (unpaired) electrons. The van der Waals surface area contributed by atoms with Crippen molar-refractivity contribution in [3.63, 3.8) is 0 Å². The van der Waals surface area contributed by atoms with Gasteiger partial charge >= 0.3 is 5.97 Å². The lowest BCUT2D eigenvalue weighted by Gasteiger charge is -2.14. The first-order valence-corrected chi connectivity index (χ1v) is 7.61. The summed E-state index contributed by atoms with van der Waals surface area (Å²) in [5.74, 6) is -0.208. The summed E-state index contributed by atoms with van der Waals surface area (Å²) in [6.45, 7) is 3.71. The summed E-state index contributed by atoms with van der Waals surface area (Å²) in [6.07, 6.45) is 1.70. The van der Waals surface area contributed by atoms with Gasteiger partial charge in [-0.1, -0.05) is 13.8 Å². The van der Waals surface area contributed by atoms with Gasteiger partial charge < -0.3 is 14.8 Å². The number of amides is 1. The summed E-state index contributed by atoms with van der Waals surface area (Å²) in [6, 6.07) is 4.96. The lowest BCUT2D eigenvalue weighted by Crippen LogP contribution is -2.36. The van der Waals surface area contributed by atoms with Crippen LogP contribution in [0.25, 0.3) is 0 Å². The summed E-state index contributed by atoms with van der Waals surface area (Å²) in [5, 5.41) is 2.81. The Kier molecular flexibility index (Phi) is 7.22. The third-order valence-electron chi connectivity index (χ3n) is 3.07. The summed E-state index contributed by atoms with van der Waals surface area (Å²) >= 11 is 3.29. The fourth-order valence-electron chi connectivity index (χ4n) is 1.77. The zero-order valence-corrected chi connectivity index (χ0v) is 14.0. The molecule has 6 heteroatoms. The highest BCUT2D eigenvalue weighted by Gasteiger charge is 2.13. The number of esters is 1. The van der Waals surface area contributed by atoms with Crippen LogP contribution in [0.5, 0.6) is 5.75 Å². The molecule has 21 heavy (non-hydrogen) atoms. The maximum absolute atomic E-state index is 11.9. The monoisotopic (exact) mass is 357 g/mol. The highest BCUT2D eigenvalue weighted by Crippen LogP contribution is 2.25. The zero-order valence-electron chi connectivity index (χ0n) is 12.4. The van der Waals surface area contributed by atoms with E-state index < -0.39 is 5.97 Å². The highest BCUT2D eigenvalue weighted by atomic mass is 79.9. The average Bonchev–Trinajstić information content (AvgIpc) is 2.50. The van der Waals surface area contributed by atoms with Crippen molar-refractivity contribution in [1.82, 2.24) is 5.32 Å². The predicted octanol–water partition coefficient (Wildman–Crippen LogP) is 2.92. The Morgan fingerprint density at radius 2 is 1.95 bits per heavy atom. The van der Waals surface area contributed by atoms with Gasteiger partial charge in [0.15, 0.2) is 6.61 Å². The van der Waals surface area contributed by atoms with Gasteiger partial charge in [0.05, 0.1) is 17.1 Å². The number of hydrogen-bond donors (Lipinski definition) is 1. The molecule has 0 heterocycles. The number of carbonyl (C=O) groups excluding carboxylic acids is 2. The summed E-state index contributed by atoms with van der Waals surface area (Å²) in [7, 11) is 1.54. The first-order chi connectivity index (χ1) is 10.0. The van der Waals surface area contributed by atoms with Gasteiger partial charge in [-0.3, -0.25) is 4.79 Å². The van der Waals surface area contributed by atoms with Crippen LogP contribution in [-0.4, -0.2) is 31.6 Å². The topological polar surface area (TPSA) is 64.6 Å². The first-order valence-electron chi connectivity index (χ1n) is 6.81. The maximum Gasteiger partial charge on any atom is 0.338 e. The van der Waals surface area contributed by atoms with Crippen molar-refractivity contribution in [2.75, 3.05) is 13.7 Å². The predicted molar refractivity (Wildman–Crippen MR) is 83.5 cm³/mol. The Hall–Kier alpha value is -1.56. The summed E-state index contributed by atoms with van der Waals surface area (Å²) < 4.78 is 10.7. The Labute approximate surface area is 133 Å². The number of methoxy groups -OCH3 is 1. The molecule has 0 aliphatic carbocycles. The smallest absolute Gasteiger partial charge is 0.338 e. The Morgan fingerprint density at radius 3 is 2.48 bits per heavy atom. The number of nitrogens with one attached hydrogen (secondary N) is 1. The minimum absolute atomic E-state index is 0.117. The highest BCUT2D eigenvalue weighted by molar-refractivity contribution is 9.10. The van der Waals surface area contributed by atoms with Crippen molar-refractivity contribution in [3.8, 4) is 5.75 Å². The van der Waals surface area contributed by atoms with E-state index in [4.69, 9.17) is 9.47 Å². The van der Waals surface area contributed by atoms with Crippen LogP contribution in [-0.2, 0) is 9.53 Å². The van der Waals surface area contributed by atoms with E-state index >= 15 is 0 Å². The molecule has 1 N–H and O–H groups in total. The van der Waals surface area contributed by atoms with Crippen molar-refractivity contribution in [2.24, 2.45) is 0 Å². The molecule has 0 saturated heterocycles. The van der Waals surface area contributed by atoms with Gasteiger partial charge in [0.25, 0.3) is 5.91 Å². The van der Waals surface area contributed by atoms with E-state index in [0.29, 0.717) is 15.8 Å². The molecule has 1 aromatic rings. The summed E-state index contributed by atoms with van der Waals surface area (Å²) in [4.78, 5) is 23.5. The Morgan fingerprint density at radius 1 is 1.29 bits per heavy atom. The molecule has 0 aromatic heterocycles. The fraction of sp³-hybridized carbons (Fsp3) is 0.467. The molecule has 0 saturated carbocycles. The van der Waals surface area contributed by atoms with Crippen LogP contribution in [0.3, 0.4) is 0 Å². The maximum atomic E-state index is 11.9. The van der Waals surface area contributed by atoms with E-state index in [0.717, 1.165) is 12.8 Å². The van der Waals surface area contributed by atoms with Crippen LogP contribution >= 0.6 is 15.9 Å². The molecule has 0 bridgehead atoms. The molecule has 0 spiro atoms. The number of halogens is 1. The van der Waals surface area contributed by atoms with Crippen LogP contribution in [0, 0.1) is 0 Å². The number of carbonyl (C=O) groups is 2. The van der Waals surface area contributed by atoms with E-state index in [1.165, 1.54) is 0 Å². The van der Waals surface area contributed by atoms with E-state index in [1.807, 2.05) is 13.8 Å². The third kappa shape index (κ3) is 5.38. The van der Waals surface area contributed by atoms with E-state index in [-0.39, 0.29) is 18.6 Å². The molecular formula is C15H20BrNO4. The largest absolute Gasteiger partial charge is 0.496 e. The van der Waals surface area contributed by atoms with Crippen LogP contribution in [0.15, 0.2) is 22.7 Å². The molecule has 0 atom stereocenters. The molecule has 0 aliphatic rings. The van der Waals surface area contributed by atoms with Gasteiger partial charge in [0.1, 0.15) is 5.75 Å². The molecule has 1 amide bonds. The van der Waals surface area contributed by atoms with E-state index in [2.05, 4.69) is 21.2 Å². The molecule has 1 aromatic carbocycles. The van der Waals surface area contributed by atoms with Crippen molar-refractivity contribution >= 4 is 27.8 Å². The van der Waals surface area contributed by atoms with Gasteiger partial charge in [0.2, 0.25) is 0 Å². The van der Waals surface area contributed by atoms with Crippen molar-refractivity contribution in [3.05, 3.63) is 28.2 Å². The second-order valence-corrected chi connectivity index (χ2v) is 5.36. The number of benzene rings is 1. The van der Waals surface area contributed by atoms with E-state index in [1.54, 1.807) is 25.3 Å². The second-order valence-electron chi connectivity index (χ2n) is 4.51. The number of ether oxygens (including phenoxy) is 2. The molecule has 116 valence electrons. The lowest BCUT2D eigenvalue weighted by atomic mass is 10.2. The van der Waals surface area contributed by atoms with Crippen molar-refractivity contribution in [2.45, 2.75) is 32.7 Å². The minimum atomic E-state index is -0.543. The van der Waals surface area contributed by atoms with Gasteiger partial charge in [-0.15, -0.1) is 0 Å². The standard InChI is InChI=1S/C15H20BrNO4/c1-4-11(5-2)17-14(18)9-21-15(19)10-6-7-13(20-3)12(16)8-10/h6-8,11H,4-5,9H2,1-3H3,(H,17,18). The SMILES string of the molecule is CCC(CC)NC(=O)COC(=O)c1ccc(OC)c(Br)c1. The summed E-state index contributed by atoms with van der Waals surface area (Å²) in [5.41, 5.74) is 0.359. The Balaban J connectivity index is 2.54. The Bertz CT molecular complexity index is 500. The minimum Gasteiger partial charge on any atom is -0.496 e. The number of rotatable bonds is 7. The molecule has 0 aliphatic heterocycles. The van der Waals surface area contributed by atoms with Crippen LogP contribution < -0.4 is 10.1 Å². The average molecular weight is 358 g/mol. The molecule has 0 unspecified atom stereocenters. The molecular weight excluding hydrogens is 338 g/mol.